The maximum absolute atomic E-state index is 5.34. The first kappa shape index (κ1) is 11.9. The molecule has 0 fully saturated rings. The molecule has 0 aliphatic carbocycles. The molecule has 3 radical (unpaired) electrons. The molecule has 2 rings (SSSR count). The van der Waals surface area contributed by atoms with E-state index in [4.69, 9.17) is 4.74 Å². The summed E-state index contributed by atoms with van der Waals surface area (Å²) in [6.07, 6.45) is 4.10. The Hall–Kier alpha value is -0.0842. The molecule has 0 amide bonds. The monoisotopic (exact) mass is 223 g/mol. The second kappa shape index (κ2) is 5.54. The molecule has 0 N–H and O–H groups in total. The van der Waals surface area contributed by atoms with Crippen LogP contribution < -0.4 is 4.74 Å². The number of fused-ring (bicyclic) bond motifs is 1. The Balaban J connectivity index is 0.000000605. The van der Waals surface area contributed by atoms with Crippen molar-refractivity contribution in [3.8, 4) is 5.75 Å². The van der Waals surface area contributed by atoms with Crippen molar-refractivity contribution in [3.63, 3.8) is 0 Å². The Morgan fingerprint density at radius 2 is 1.92 bits per heavy atom. The summed E-state index contributed by atoms with van der Waals surface area (Å²) in [5, 5.41) is 0. The van der Waals surface area contributed by atoms with Gasteiger partial charge >= 0.3 is 0 Å². The van der Waals surface area contributed by atoms with Gasteiger partial charge in [0.1, 0.15) is 12.4 Å². The first-order chi connectivity index (χ1) is 4.97. The summed E-state index contributed by atoms with van der Waals surface area (Å²) in [6.45, 7) is 0.705. The Labute approximate surface area is 95.7 Å². The molecule has 12 heavy (non-hydrogen) atoms. The van der Waals surface area contributed by atoms with Gasteiger partial charge in [0.15, 0.2) is 0 Å². The summed E-state index contributed by atoms with van der Waals surface area (Å²) < 4.78 is 5.34. The van der Waals surface area contributed by atoms with Crippen LogP contribution in [0.2, 0.25) is 0 Å². The third kappa shape index (κ3) is 2.46. The van der Waals surface area contributed by atoms with E-state index in [2.05, 4.69) is 6.08 Å². The quantitative estimate of drug-likeness (QED) is 0.610. The number of ether oxygens (including phenoxy) is 1. The SMILES string of the molecule is C1=Cc2ccccc2OC1.[Al].[Zn]. The molecule has 0 aromatic heterocycles. The molecule has 1 nitrogen and oxygen atoms in total. The zero-order valence-corrected chi connectivity index (χ0v) is 11.0. The maximum Gasteiger partial charge on any atom is 0.126 e. The molecule has 1 aromatic carbocycles. The summed E-state index contributed by atoms with van der Waals surface area (Å²) in [6, 6.07) is 8.03. The summed E-state index contributed by atoms with van der Waals surface area (Å²) in [5.41, 5.74) is 1.17. The number of benzene rings is 1. The van der Waals surface area contributed by atoms with Gasteiger partial charge < -0.3 is 4.74 Å². The van der Waals surface area contributed by atoms with Crippen LogP contribution in [-0.4, -0.2) is 24.0 Å². The molecule has 55 valence electrons. The second-order valence-corrected chi connectivity index (χ2v) is 2.25. The molecule has 1 heterocycles. The standard InChI is InChI=1S/C9H8O.Al.Zn/c1-2-6-9-8(4-1)5-3-7-10-9;;/h1-6H,7H2;;. The zero-order valence-electron chi connectivity index (χ0n) is 6.86. The summed E-state index contributed by atoms with van der Waals surface area (Å²) in [4.78, 5) is 0. The van der Waals surface area contributed by atoms with Crippen molar-refractivity contribution in [1.29, 1.82) is 0 Å². The molecule has 0 saturated heterocycles. The van der Waals surface area contributed by atoms with Crippen LogP contribution in [0.1, 0.15) is 5.56 Å². The van der Waals surface area contributed by atoms with Gasteiger partial charge in [-0.15, -0.1) is 0 Å². The van der Waals surface area contributed by atoms with Crippen LogP contribution in [0.5, 0.6) is 5.75 Å². The number of hydrogen-bond donors (Lipinski definition) is 0. The van der Waals surface area contributed by atoms with Gasteiger partial charge in [-0.3, -0.25) is 0 Å². The van der Waals surface area contributed by atoms with Gasteiger partial charge in [0, 0.05) is 42.4 Å². The predicted molar refractivity (Wildman–Crippen MR) is 46.7 cm³/mol. The Morgan fingerprint density at radius 3 is 2.67 bits per heavy atom. The van der Waals surface area contributed by atoms with Gasteiger partial charge in [0.05, 0.1) is 0 Å². The minimum Gasteiger partial charge on any atom is -0.489 e. The fourth-order valence-corrected chi connectivity index (χ4v) is 1.06. The smallest absolute Gasteiger partial charge is 0.126 e. The molecule has 0 bridgehead atoms. The van der Waals surface area contributed by atoms with Crippen molar-refractivity contribution in [2.24, 2.45) is 0 Å². The van der Waals surface area contributed by atoms with Crippen molar-refractivity contribution in [2.75, 3.05) is 6.61 Å². The van der Waals surface area contributed by atoms with E-state index in [0.717, 1.165) is 5.75 Å². The molecular formula is C9H8AlOZn. The zero-order chi connectivity index (χ0) is 6.81. The molecule has 1 aliphatic heterocycles. The van der Waals surface area contributed by atoms with Crippen LogP contribution in [0.25, 0.3) is 6.08 Å². The topological polar surface area (TPSA) is 9.23 Å². The van der Waals surface area contributed by atoms with Crippen molar-refractivity contribution >= 4 is 23.4 Å². The molecule has 1 aliphatic rings. The average Bonchev–Trinajstić information content (AvgIpc) is 2.05. The minimum atomic E-state index is 0. The van der Waals surface area contributed by atoms with E-state index in [0.29, 0.717) is 6.61 Å². The normalized spacial score (nSPS) is 11.7. The second-order valence-electron chi connectivity index (χ2n) is 2.25. The Morgan fingerprint density at radius 1 is 1.17 bits per heavy atom. The van der Waals surface area contributed by atoms with Gasteiger partial charge in [-0.2, -0.15) is 0 Å². The van der Waals surface area contributed by atoms with E-state index >= 15 is 0 Å². The number of hydrogen-bond acceptors (Lipinski definition) is 1. The summed E-state index contributed by atoms with van der Waals surface area (Å²) >= 11 is 0. The van der Waals surface area contributed by atoms with Gasteiger partial charge in [0.2, 0.25) is 0 Å². The summed E-state index contributed by atoms with van der Waals surface area (Å²) in [7, 11) is 0. The van der Waals surface area contributed by atoms with E-state index in [9.17, 15) is 0 Å². The van der Waals surface area contributed by atoms with Crippen molar-refractivity contribution in [3.05, 3.63) is 35.9 Å². The molecule has 0 spiro atoms. The van der Waals surface area contributed by atoms with Crippen molar-refractivity contribution in [2.45, 2.75) is 0 Å². The van der Waals surface area contributed by atoms with Gasteiger partial charge in [0.25, 0.3) is 0 Å². The van der Waals surface area contributed by atoms with Crippen LogP contribution in [0.15, 0.2) is 30.3 Å². The molecule has 3 heteroatoms. The minimum absolute atomic E-state index is 0. The van der Waals surface area contributed by atoms with Gasteiger partial charge in [-0.1, -0.05) is 24.3 Å². The Bertz CT molecular complexity index is 273. The molecule has 0 unspecified atom stereocenters. The van der Waals surface area contributed by atoms with E-state index in [1.807, 2.05) is 30.3 Å². The molecular weight excluding hydrogens is 216 g/mol. The van der Waals surface area contributed by atoms with Gasteiger partial charge in [-0.05, 0) is 12.1 Å². The fourth-order valence-electron chi connectivity index (χ4n) is 1.06. The molecule has 1 aromatic rings. The maximum atomic E-state index is 5.34. The van der Waals surface area contributed by atoms with Crippen LogP contribution in [0.4, 0.5) is 0 Å². The number of rotatable bonds is 0. The van der Waals surface area contributed by atoms with Crippen LogP contribution in [0, 0.1) is 0 Å². The van der Waals surface area contributed by atoms with E-state index in [-0.39, 0.29) is 36.8 Å². The van der Waals surface area contributed by atoms with E-state index in [1.165, 1.54) is 5.56 Å². The Kier molecular flexibility index (Phi) is 5.50. The van der Waals surface area contributed by atoms with Crippen LogP contribution >= 0.6 is 0 Å². The molecule has 0 atom stereocenters. The van der Waals surface area contributed by atoms with Gasteiger partial charge in [-0.25, -0.2) is 0 Å². The molecule has 0 saturated carbocycles. The van der Waals surface area contributed by atoms with Crippen LogP contribution in [-0.2, 0) is 19.5 Å². The largest absolute Gasteiger partial charge is 0.489 e. The van der Waals surface area contributed by atoms with Crippen molar-refractivity contribution < 1.29 is 24.2 Å². The number of para-hydroxylation sites is 1. The van der Waals surface area contributed by atoms with Crippen LogP contribution in [0.3, 0.4) is 0 Å². The third-order valence-electron chi connectivity index (χ3n) is 1.55. The predicted octanol–water partition coefficient (Wildman–Crippen LogP) is 1.71. The average molecular weight is 225 g/mol. The van der Waals surface area contributed by atoms with Crippen molar-refractivity contribution in [1.82, 2.24) is 0 Å². The van der Waals surface area contributed by atoms with E-state index in [1.54, 1.807) is 0 Å². The third-order valence-corrected chi connectivity index (χ3v) is 1.55. The first-order valence-corrected chi connectivity index (χ1v) is 3.35. The fraction of sp³-hybridized carbons (Fsp3) is 0.111. The summed E-state index contributed by atoms with van der Waals surface area (Å²) in [5.74, 6) is 0.991. The van der Waals surface area contributed by atoms with E-state index < -0.39 is 0 Å². The first-order valence-electron chi connectivity index (χ1n) is 3.35.